The van der Waals surface area contributed by atoms with Crippen molar-refractivity contribution >= 4 is 5.91 Å². The number of likely N-dealkylation sites (tertiary alicyclic amines) is 1. The number of hydrogen-bond acceptors (Lipinski definition) is 3. The van der Waals surface area contributed by atoms with Gasteiger partial charge >= 0.3 is 0 Å². The van der Waals surface area contributed by atoms with Crippen molar-refractivity contribution in [3.05, 3.63) is 17.5 Å². The lowest BCUT2D eigenvalue weighted by atomic mass is 10.1. The molecule has 2 rings (SSSR count). The quantitative estimate of drug-likeness (QED) is 0.928. The Morgan fingerprint density at radius 2 is 1.96 bits per heavy atom. The molecule has 2 heterocycles. The van der Waals surface area contributed by atoms with Crippen molar-refractivity contribution in [2.75, 3.05) is 13.1 Å². The molecule has 1 aromatic rings. The van der Waals surface area contributed by atoms with Gasteiger partial charge in [0, 0.05) is 30.9 Å². The summed E-state index contributed by atoms with van der Waals surface area (Å²) in [5, 5.41) is 7.74. The molecule has 1 fully saturated rings. The number of carbonyl (C=O) groups is 1. The zero-order chi connectivity index (χ0) is 17.4. The Morgan fingerprint density at radius 3 is 2.39 bits per heavy atom. The second-order valence-corrected chi connectivity index (χ2v) is 8.24. The molecular weight excluding hydrogens is 288 g/mol. The zero-order valence-corrected chi connectivity index (χ0v) is 15.7. The van der Waals surface area contributed by atoms with Crippen LogP contribution in [0.25, 0.3) is 0 Å². The number of hydrogen-bond donors (Lipinski definition) is 1. The van der Waals surface area contributed by atoms with Crippen molar-refractivity contribution in [1.82, 2.24) is 20.0 Å². The number of nitrogens with one attached hydrogen (secondary N) is 1. The van der Waals surface area contributed by atoms with Crippen molar-refractivity contribution in [1.29, 1.82) is 0 Å². The molecule has 0 radical (unpaired) electrons. The molecule has 5 heteroatoms. The second kappa shape index (κ2) is 6.63. The Balaban J connectivity index is 2.11. The zero-order valence-electron chi connectivity index (χ0n) is 15.7. The molecule has 1 N–H and O–H groups in total. The van der Waals surface area contributed by atoms with Crippen molar-refractivity contribution in [2.24, 2.45) is 0 Å². The summed E-state index contributed by atoms with van der Waals surface area (Å²) in [7, 11) is 0. The lowest BCUT2D eigenvalue weighted by Crippen LogP contribution is -2.38. The highest BCUT2D eigenvalue weighted by atomic mass is 16.2. The Kier molecular flexibility index (Phi) is 5.19. The molecule has 0 unspecified atom stereocenters. The smallest absolute Gasteiger partial charge is 0.272 e. The van der Waals surface area contributed by atoms with E-state index in [2.05, 4.69) is 63.8 Å². The summed E-state index contributed by atoms with van der Waals surface area (Å²) >= 11 is 0. The fourth-order valence-corrected chi connectivity index (χ4v) is 3.09. The lowest BCUT2D eigenvalue weighted by Gasteiger charge is -2.23. The van der Waals surface area contributed by atoms with Gasteiger partial charge in [0.05, 0.1) is 5.54 Å². The standard InChI is InChI=1S/C18H32N4O/c1-12(2)16-10-15(20-22(16)18(5,6)7)17(23)19-14-8-9-21(11-14)13(3)4/h10,12-14H,8-9,11H2,1-7H3,(H,19,23)/t14-/m0/s1. The van der Waals surface area contributed by atoms with Gasteiger partial charge in [-0.05, 0) is 53.0 Å². The van der Waals surface area contributed by atoms with Crippen LogP contribution >= 0.6 is 0 Å². The molecule has 1 atom stereocenters. The molecule has 0 spiro atoms. The summed E-state index contributed by atoms with van der Waals surface area (Å²) in [6, 6.07) is 2.71. The second-order valence-electron chi connectivity index (χ2n) is 8.24. The van der Waals surface area contributed by atoms with Crippen LogP contribution in [0.1, 0.15) is 77.0 Å². The molecule has 1 aliphatic rings. The number of nitrogens with zero attached hydrogens (tertiary/aromatic N) is 3. The number of aromatic nitrogens is 2. The number of rotatable bonds is 4. The van der Waals surface area contributed by atoms with Crippen LogP contribution in [0.15, 0.2) is 6.07 Å². The maximum Gasteiger partial charge on any atom is 0.272 e. The van der Waals surface area contributed by atoms with Crippen LogP contribution in [0.2, 0.25) is 0 Å². The summed E-state index contributed by atoms with van der Waals surface area (Å²) in [6.07, 6.45) is 1.01. The molecule has 130 valence electrons. The molecule has 0 saturated carbocycles. The minimum atomic E-state index is -0.125. The third kappa shape index (κ3) is 4.14. The van der Waals surface area contributed by atoms with Crippen molar-refractivity contribution < 1.29 is 4.79 Å². The SMILES string of the molecule is CC(C)c1cc(C(=O)N[C@H]2CCN(C(C)C)C2)nn1C(C)(C)C. The molecule has 1 aliphatic heterocycles. The lowest BCUT2D eigenvalue weighted by molar-refractivity contribution is 0.0930. The van der Waals surface area contributed by atoms with E-state index >= 15 is 0 Å². The van der Waals surface area contributed by atoms with Gasteiger partial charge in [0.2, 0.25) is 0 Å². The van der Waals surface area contributed by atoms with E-state index in [1.165, 1.54) is 0 Å². The predicted octanol–water partition coefficient (Wildman–Crippen LogP) is 2.97. The normalized spacial score (nSPS) is 19.8. The van der Waals surface area contributed by atoms with Gasteiger partial charge in [0.1, 0.15) is 5.69 Å². The van der Waals surface area contributed by atoms with Crippen LogP contribution < -0.4 is 5.32 Å². The molecule has 0 aromatic carbocycles. The van der Waals surface area contributed by atoms with E-state index in [9.17, 15) is 4.79 Å². The van der Waals surface area contributed by atoms with Crippen LogP contribution in [-0.2, 0) is 5.54 Å². The van der Waals surface area contributed by atoms with E-state index in [-0.39, 0.29) is 17.5 Å². The molecule has 5 nitrogen and oxygen atoms in total. The molecule has 23 heavy (non-hydrogen) atoms. The van der Waals surface area contributed by atoms with E-state index < -0.39 is 0 Å². The van der Waals surface area contributed by atoms with Gasteiger partial charge in [0.15, 0.2) is 0 Å². The summed E-state index contributed by atoms with van der Waals surface area (Å²) in [5.74, 6) is 0.289. The van der Waals surface area contributed by atoms with E-state index in [0.29, 0.717) is 17.7 Å². The van der Waals surface area contributed by atoms with E-state index in [0.717, 1.165) is 25.2 Å². The minimum Gasteiger partial charge on any atom is -0.347 e. The number of carbonyl (C=O) groups excluding carboxylic acids is 1. The van der Waals surface area contributed by atoms with Crippen LogP contribution in [-0.4, -0.2) is 45.8 Å². The first kappa shape index (κ1) is 18.0. The van der Waals surface area contributed by atoms with Gasteiger partial charge in [-0.2, -0.15) is 5.10 Å². The Hall–Kier alpha value is -1.36. The average molecular weight is 320 g/mol. The van der Waals surface area contributed by atoms with Crippen LogP contribution in [0, 0.1) is 0 Å². The van der Waals surface area contributed by atoms with Crippen molar-refractivity contribution in [3.8, 4) is 0 Å². The topological polar surface area (TPSA) is 50.2 Å². The predicted molar refractivity (Wildman–Crippen MR) is 93.9 cm³/mol. The van der Waals surface area contributed by atoms with Crippen molar-refractivity contribution in [2.45, 2.75) is 78.4 Å². The van der Waals surface area contributed by atoms with E-state index in [4.69, 9.17) is 0 Å². The maximum atomic E-state index is 12.6. The Morgan fingerprint density at radius 1 is 1.30 bits per heavy atom. The van der Waals surface area contributed by atoms with Gasteiger partial charge in [0.25, 0.3) is 5.91 Å². The minimum absolute atomic E-state index is 0.0505. The van der Waals surface area contributed by atoms with Gasteiger partial charge in [-0.15, -0.1) is 0 Å². The van der Waals surface area contributed by atoms with Crippen LogP contribution in [0.4, 0.5) is 0 Å². The number of amides is 1. The molecule has 1 aromatic heterocycles. The molecule has 0 bridgehead atoms. The van der Waals surface area contributed by atoms with E-state index in [1.807, 2.05) is 10.7 Å². The Labute approximate surface area is 140 Å². The third-order valence-corrected chi connectivity index (χ3v) is 4.48. The maximum absolute atomic E-state index is 12.6. The van der Waals surface area contributed by atoms with Crippen LogP contribution in [0.5, 0.6) is 0 Å². The average Bonchev–Trinajstić information content (AvgIpc) is 3.03. The fraction of sp³-hybridized carbons (Fsp3) is 0.778. The van der Waals surface area contributed by atoms with Crippen molar-refractivity contribution in [3.63, 3.8) is 0 Å². The monoisotopic (exact) mass is 320 g/mol. The van der Waals surface area contributed by atoms with Gasteiger partial charge in [-0.25, -0.2) is 0 Å². The van der Waals surface area contributed by atoms with Gasteiger partial charge < -0.3 is 5.32 Å². The summed E-state index contributed by atoms with van der Waals surface area (Å²) in [6.45, 7) is 17.0. The first-order valence-electron chi connectivity index (χ1n) is 8.75. The van der Waals surface area contributed by atoms with E-state index in [1.54, 1.807) is 0 Å². The summed E-state index contributed by atoms with van der Waals surface area (Å²) in [5.41, 5.74) is 1.52. The van der Waals surface area contributed by atoms with Gasteiger partial charge in [-0.3, -0.25) is 14.4 Å². The largest absolute Gasteiger partial charge is 0.347 e. The highest BCUT2D eigenvalue weighted by Crippen LogP contribution is 2.23. The Bertz CT molecular complexity index is 554. The summed E-state index contributed by atoms with van der Waals surface area (Å²) < 4.78 is 1.99. The highest BCUT2D eigenvalue weighted by Gasteiger charge is 2.28. The molecular formula is C18H32N4O. The van der Waals surface area contributed by atoms with Gasteiger partial charge in [-0.1, -0.05) is 13.8 Å². The first-order valence-corrected chi connectivity index (χ1v) is 8.75. The fourth-order valence-electron chi connectivity index (χ4n) is 3.09. The molecule has 1 amide bonds. The highest BCUT2D eigenvalue weighted by molar-refractivity contribution is 5.92. The third-order valence-electron chi connectivity index (χ3n) is 4.48. The molecule has 0 aliphatic carbocycles. The molecule has 1 saturated heterocycles. The summed E-state index contributed by atoms with van der Waals surface area (Å²) in [4.78, 5) is 15.0. The van der Waals surface area contributed by atoms with Crippen LogP contribution in [0.3, 0.4) is 0 Å². The first-order chi connectivity index (χ1) is 10.6.